The molecule has 0 aliphatic rings. The summed E-state index contributed by atoms with van der Waals surface area (Å²) >= 11 is 1.57. The molecule has 5 aromatic rings. The first-order valence-electron chi connectivity index (χ1n) is 11.1. The van der Waals surface area contributed by atoms with Crippen molar-refractivity contribution < 1.29 is 4.74 Å². The predicted molar refractivity (Wildman–Crippen MR) is 137 cm³/mol. The third-order valence-corrected chi connectivity index (χ3v) is 6.56. The average molecular weight is 459 g/mol. The van der Waals surface area contributed by atoms with Crippen molar-refractivity contribution in [1.29, 1.82) is 5.26 Å². The van der Waals surface area contributed by atoms with Crippen molar-refractivity contribution >= 4 is 11.3 Å². The Morgan fingerprint density at radius 1 is 0.794 bits per heavy atom. The summed E-state index contributed by atoms with van der Waals surface area (Å²) in [4.78, 5) is 5.31. The summed E-state index contributed by atoms with van der Waals surface area (Å²) in [6.45, 7) is 0.485. The largest absolute Gasteiger partial charge is 0.363 e. The van der Waals surface area contributed by atoms with E-state index in [2.05, 4.69) is 53.5 Å². The molecule has 0 spiro atoms. The zero-order valence-electron chi connectivity index (χ0n) is 18.5. The first-order valence-corrected chi connectivity index (χ1v) is 11.9. The maximum Gasteiger partial charge on any atom is 0.119 e. The minimum atomic E-state index is -0.275. The van der Waals surface area contributed by atoms with E-state index in [1.54, 1.807) is 11.3 Å². The second-order valence-corrected chi connectivity index (χ2v) is 8.83. The number of thiazole rings is 1. The number of ether oxygens (including phenoxy) is 1. The number of hydrogen-bond acceptors (Lipinski definition) is 4. The van der Waals surface area contributed by atoms with Crippen LogP contribution in [0.15, 0.2) is 115 Å². The number of nitriles is 1. The molecular formula is C30H22N2OS. The quantitative estimate of drug-likeness (QED) is 0.251. The van der Waals surface area contributed by atoms with Gasteiger partial charge in [-0.15, -0.1) is 11.3 Å². The van der Waals surface area contributed by atoms with E-state index in [4.69, 9.17) is 4.74 Å². The maximum absolute atomic E-state index is 9.92. The lowest BCUT2D eigenvalue weighted by Crippen LogP contribution is -2.06. The molecule has 1 aromatic heterocycles. The fourth-order valence-corrected chi connectivity index (χ4v) is 4.78. The van der Waals surface area contributed by atoms with Crippen molar-refractivity contribution in [3.8, 4) is 28.3 Å². The van der Waals surface area contributed by atoms with Crippen LogP contribution in [0.2, 0.25) is 0 Å². The van der Waals surface area contributed by atoms with Crippen LogP contribution in [0.4, 0.5) is 0 Å². The zero-order valence-corrected chi connectivity index (χ0v) is 19.3. The van der Waals surface area contributed by atoms with Crippen LogP contribution in [0.25, 0.3) is 22.3 Å². The van der Waals surface area contributed by atoms with Gasteiger partial charge >= 0.3 is 0 Å². The highest BCUT2D eigenvalue weighted by atomic mass is 32.1. The Kier molecular flexibility index (Phi) is 6.58. The van der Waals surface area contributed by atoms with Gasteiger partial charge < -0.3 is 4.74 Å². The molecule has 0 bridgehead atoms. The van der Waals surface area contributed by atoms with Crippen molar-refractivity contribution in [2.75, 3.05) is 0 Å². The van der Waals surface area contributed by atoms with Crippen LogP contribution in [0, 0.1) is 11.3 Å². The summed E-state index contributed by atoms with van der Waals surface area (Å²) in [7, 11) is 0. The van der Waals surface area contributed by atoms with Gasteiger partial charge in [0.2, 0.25) is 0 Å². The molecule has 1 heterocycles. The Bertz CT molecular complexity index is 1410. The monoisotopic (exact) mass is 458 g/mol. The number of nitrogens with zero attached hydrogens (tertiary/aromatic N) is 2. The highest BCUT2D eigenvalue weighted by molar-refractivity contribution is 7.09. The van der Waals surface area contributed by atoms with Crippen molar-refractivity contribution in [2.45, 2.75) is 12.7 Å². The number of hydrogen-bond donors (Lipinski definition) is 0. The molecule has 1 atom stereocenters. The number of rotatable bonds is 7. The molecule has 1 unspecified atom stereocenters. The standard InChI is InChI=1S/C30H22N2OS/c31-18-25-16-15-24(30(29-19-32-21-34-29)33-20-22-9-3-1-4-10-22)17-28(25)27-14-8-7-13-26(27)23-11-5-2-6-12-23/h1-17,19,21,30H,20H2. The van der Waals surface area contributed by atoms with E-state index in [0.29, 0.717) is 12.2 Å². The van der Waals surface area contributed by atoms with E-state index in [1.807, 2.05) is 72.4 Å². The van der Waals surface area contributed by atoms with Gasteiger partial charge in [0.05, 0.1) is 28.6 Å². The molecule has 0 radical (unpaired) electrons. The van der Waals surface area contributed by atoms with E-state index in [-0.39, 0.29) is 6.10 Å². The van der Waals surface area contributed by atoms with Gasteiger partial charge in [0.1, 0.15) is 6.10 Å². The molecule has 0 N–H and O–H groups in total. The zero-order chi connectivity index (χ0) is 23.2. The minimum absolute atomic E-state index is 0.275. The molecule has 0 fully saturated rings. The van der Waals surface area contributed by atoms with Crippen LogP contribution in [-0.4, -0.2) is 4.98 Å². The van der Waals surface area contributed by atoms with Crippen LogP contribution in [0.5, 0.6) is 0 Å². The average Bonchev–Trinajstić information content (AvgIpc) is 3.44. The SMILES string of the molecule is N#Cc1ccc(C(OCc2ccccc2)c2cncs2)cc1-c1ccccc1-c1ccccc1. The normalized spacial score (nSPS) is 11.6. The third-order valence-electron chi connectivity index (χ3n) is 5.74. The molecule has 5 rings (SSSR count). The lowest BCUT2D eigenvalue weighted by atomic mass is 9.90. The Morgan fingerprint density at radius 2 is 1.50 bits per heavy atom. The molecule has 3 nitrogen and oxygen atoms in total. The molecule has 0 amide bonds. The molecule has 164 valence electrons. The maximum atomic E-state index is 9.92. The molecule has 0 saturated carbocycles. The molecule has 4 heteroatoms. The van der Waals surface area contributed by atoms with Gasteiger partial charge in [-0.2, -0.15) is 5.26 Å². The van der Waals surface area contributed by atoms with Crippen LogP contribution in [-0.2, 0) is 11.3 Å². The molecule has 4 aromatic carbocycles. The summed E-state index contributed by atoms with van der Waals surface area (Å²) in [5.74, 6) is 0. The summed E-state index contributed by atoms with van der Waals surface area (Å²) in [6.07, 6.45) is 1.58. The number of aromatic nitrogens is 1. The van der Waals surface area contributed by atoms with Gasteiger partial charge in [0, 0.05) is 11.8 Å². The van der Waals surface area contributed by atoms with E-state index < -0.39 is 0 Å². The molecule has 0 aliphatic heterocycles. The Balaban J connectivity index is 1.58. The second kappa shape index (κ2) is 10.3. The topological polar surface area (TPSA) is 45.9 Å². The van der Waals surface area contributed by atoms with Crippen LogP contribution >= 0.6 is 11.3 Å². The van der Waals surface area contributed by atoms with Crippen LogP contribution < -0.4 is 0 Å². The lowest BCUT2D eigenvalue weighted by Gasteiger charge is -2.19. The summed E-state index contributed by atoms with van der Waals surface area (Å²) in [5.41, 5.74) is 8.71. The minimum Gasteiger partial charge on any atom is -0.363 e. The smallest absolute Gasteiger partial charge is 0.119 e. The summed E-state index contributed by atoms with van der Waals surface area (Å²) < 4.78 is 6.43. The van der Waals surface area contributed by atoms with Crippen molar-refractivity contribution in [2.24, 2.45) is 0 Å². The number of benzene rings is 4. The van der Waals surface area contributed by atoms with E-state index in [0.717, 1.165) is 38.3 Å². The molecule has 0 saturated heterocycles. The fourth-order valence-electron chi connectivity index (χ4n) is 4.08. The third kappa shape index (κ3) is 4.67. The second-order valence-electron chi connectivity index (χ2n) is 7.91. The van der Waals surface area contributed by atoms with Gasteiger partial charge in [-0.05, 0) is 39.9 Å². The van der Waals surface area contributed by atoms with Gasteiger partial charge in [-0.3, -0.25) is 4.98 Å². The van der Waals surface area contributed by atoms with E-state index >= 15 is 0 Å². The van der Waals surface area contributed by atoms with Crippen molar-refractivity contribution in [3.05, 3.63) is 136 Å². The van der Waals surface area contributed by atoms with Gasteiger partial charge in [-0.1, -0.05) is 91.0 Å². The first-order chi connectivity index (χ1) is 16.8. The first kappa shape index (κ1) is 21.8. The highest BCUT2D eigenvalue weighted by Crippen LogP contribution is 2.37. The van der Waals surface area contributed by atoms with Gasteiger partial charge in [0.15, 0.2) is 0 Å². The van der Waals surface area contributed by atoms with Crippen LogP contribution in [0.1, 0.15) is 27.7 Å². The van der Waals surface area contributed by atoms with E-state index in [9.17, 15) is 5.26 Å². The Labute approximate surface area is 203 Å². The predicted octanol–water partition coefficient (Wildman–Crippen LogP) is 7.65. The fraction of sp³-hybridized carbons (Fsp3) is 0.0667. The Hall–Kier alpha value is -4.04. The van der Waals surface area contributed by atoms with Crippen molar-refractivity contribution in [1.82, 2.24) is 4.98 Å². The Morgan fingerprint density at radius 3 is 2.21 bits per heavy atom. The summed E-state index contributed by atoms with van der Waals surface area (Å²) in [6, 6.07) is 37.0. The van der Waals surface area contributed by atoms with Gasteiger partial charge in [0.25, 0.3) is 0 Å². The van der Waals surface area contributed by atoms with E-state index in [1.165, 1.54) is 0 Å². The van der Waals surface area contributed by atoms with Gasteiger partial charge in [-0.25, -0.2) is 0 Å². The molecule has 0 aliphatic carbocycles. The summed E-state index contributed by atoms with van der Waals surface area (Å²) in [5, 5.41) is 9.92. The van der Waals surface area contributed by atoms with Crippen LogP contribution in [0.3, 0.4) is 0 Å². The highest BCUT2D eigenvalue weighted by Gasteiger charge is 2.20. The molecule has 34 heavy (non-hydrogen) atoms. The molecular weight excluding hydrogens is 436 g/mol. The van der Waals surface area contributed by atoms with Crippen molar-refractivity contribution in [3.63, 3.8) is 0 Å². The lowest BCUT2D eigenvalue weighted by molar-refractivity contribution is 0.0689.